The van der Waals surface area contributed by atoms with Crippen molar-refractivity contribution in [2.24, 2.45) is 5.73 Å². The standard InChI is InChI=1S/C6H11N/c1-4-5(2)6(3)7/h4H,3,7H2,1-2H3. The minimum Gasteiger partial charge on any atom is -0.399 e. The van der Waals surface area contributed by atoms with Crippen molar-refractivity contribution >= 4 is 0 Å². The highest BCUT2D eigenvalue weighted by Crippen LogP contribution is 1.96. The molecule has 0 aromatic carbocycles. The molecule has 0 rings (SSSR count). The zero-order valence-electron chi connectivity index (χ0n) is 4.86. The van der Waals surface area contributed by atoms with Crippen LogP contribution < -0.4 is 5.73 Å². The molecule has 1 nitrogen and oxygen atoms in total. The van der Waals surface area contributed by atoms with Crippen molar-refractivity contribution in [2.75, 3.05) is 0 Å². The summed E-state index contributed by atoms with van der Waals surface area (Å²) < 4.78 is 0. The summed E-state index contributed by atoms with van der Waals surface area (Å²) in [6.07, 6.45) is 1.93. The lowest BCUT2D eigenvalue weighted by Crippen LogP contribution is -1.94. The van der Waals surface area contributed by atoms with Crippen LogP contribution in [0.15, 0.2) is 23.9 Å². The van der Waals surface area contributed by atoms with Crippen molar-refractivity contribution in [3.8, 4) is 0 Å². The largest absolute Gasteiger partial charge is 0.399 e. The third kappa shape index (κ3) is 2.04. The molecule has 0 atom stereocenters. The van der Waals surface area contributed by atoms with E-state index >= 15 is 0 Å². The first-order valence-corrected chi connectivity index (χ1v) is 2.26. The fraction of sp³-hybridized carbons (Fsp3) is 0.333. The summed E-state index contributed by atoms with van der Waals surface area (Å²) in [7, 11) is 0. The van der Waals surface area contributed by atoms with E-state index in [2.05, 4.69) is 6.58 Å². The first-order chi connectivity index (χ1) is 3.18. The van der Waals surface area contributed by atoms with Crippen LogP contribution in [0.25, 0.3) is 0 Å². The van der Waals surface area contributed by atoms with Gasteiger partial charge >= 0.3 is 0 Å². The highest BCUT2D eigenvalue weighted by Gasteiger charge is 1.81. The van der Waals surface area contributed by atoms with E-state index in [1.165, 1.54) is 0 Å². The van der Waals surface area contributed by atoms with Gasteiger partial charge in [0, 0.05) is 5.70 Å². The van der Waals surface area contributed by atoms with E-state index in [9.17, 15) is 0 Å². The molecule has 0 unspecified atom stereocenters. The molecule has 0 aromatic heterocycles. The van der Waals surface area contributed by atoms with Crippen molar-refractivity contribution in [3.05, 3.63) is 23.9 Å². The second kappa shape index (κ2) is 2.45. The maximum atomic E-state index is 5.28. The molecule has 0 saturated carbocycles. The van der Waals surface area contributed by atoms with E-state index in [0.717, 1.165) is 5.57 Å². The number of nitrogens with two attached hydrogens (primary N) is 1. The van der Waals surface area contributed by atoms with E-state index in [1.54, 1.807) is 0 Å². The van der Waals surface area contributed by atoms with Gasteiger partial charge in [-0.1, -0.05) is 12.7 Å². The van der Waals surface area contributed by atoms with Crippen LogP contribution >= 0.6 is 0 Å². The van der Waals surface area contributed by atoms with Gasteiger partial charge in [0.15, 0.2) is 0 Å². The third-order valence-electron chi connectivity index (χ3n) is 0.940. The molecular weight excluding hydrogens is 86.1 g/mol. The normalized spacial score (nSPS) is 11.4. The molecule has 0 radical (unpaired) electrons. The first kappa shape index (κ1) is 6.28. The number of hydrogen-bond donors (Lipinski definition) is 1. The molecule has 0 aliphatic carbocycles. The van der Waals surface area contributed by atoms with Crippen molar-refractivity contribution in [2.45, 2.75) is 13.8 Å². The molecule has 0 aliphatic rings. The summed E-state index contributed by atoms with van der Waals surface area (Å²) in [6, 6.07) is 0. The van der Waals surface area contributed by atoms with E-state index in [0.29, 0.717) is 5.70 Å². The van der Waals surface area contributed by atoms with Gasteiger partial charge in [-0.25, -0.2) is 0 Å². The molecule has 2 N–H and O–H groups in total. The van der Waals surface area contributed by atoms with E-state index in [4.69, 9.17) is 5.73 Å². The van der Waals surface area contributed by atoms with Gasteiger partial charge in [-0.15, -0.1) is 0 Å². The Morgan fingerprint density at radius 3 is 2.14 bits per heavy atom. The maximum absolute atomic E-state index is 5.28. The second-order valence-electron chi connectivity index (χ2n) is 1.50. The van der Waals surface area contributed by atoms with Gasteiger partial charge in [0.1, 0.15) is 0 Å². The first-order valence-electron chi connectivity index (χ1n) is 2.26. The van der Waals surface area contributed by atoms with Crippen LogP contribution in [0, 0.1) is 0 Å². The van der Waals surface area contributed by atoms with E-state index in [-0.39, 0.29) is 0 Å². The minimum atomic E-state index is 0.655. The number of allylic oxidation sites excluding steroid dienone is 2. The molecule has 0 aliphatic heterocycles. The summed E-state index contributed by atoms with van der Waals surface area (Å²) in [4.78, 5) is 0. The lowest BCUT2D eigenvalue weighted by atomic mass is 10.2. The van der Waals surface area contributed by atoms with E-state index < -0.39 is 0 Å². The Bertz CT molecular complexity index is 101. The lowest BCUT2D eigenvalue weighted by Gasteiger charge is -1.92. The summed E-state index contributed by atoms with van der Waals surface area (Å²) in [5, 5.41) is 0. The van der Waals surface area contributed by atoms with Crippen molar-refractivity contribution < 1.29 is 0 Å². The van der Waals surface area contributed by atoms with Crippen LogP contribution in [-0.4, -0.2) is 0 Å². The average Bonchev–Trinajstić information content (AvgIpc) is 1.65. The molecule has 0 saturated heterocycles. The predicted molar refractivity (Wildman–Crippen MR) is 32.8 cm³/mol. The maximum Gasteiger partial charge on any atom is 0.0267 e. The van der Waals surface area contributed by atoms with E-state index in [1.807, 2.05) is 19.9 Å². The Hall–Kier alpha value is -0.720. The second-order valence-corrected chi connectivity index (χ2v) is 1.50. The summed E-state index contributed by atoms with van der Waals surface area (Å²) in [6.45, 7) is 7.41. The van der Waals surface area contributed by atoms with Crippen molar-refractivity contribution in [1.29, 1.82) is 0 Å². The van der Waals surface area contributed by atoms with Crippen LogP contribution in [0.4, 0.5) is 0 Å². The molecule has 0 spiro atoms. The van der Waals surface area contributed by atoms with Gasteiger partial charge in [-0.2, -0.15) is 0 Å². The van der Waals surface area contributed by atoms with Gasteiger partial charge in [0.25, 0.3) is 0 Å². The zero-order chi connectivity index (χ0) is 5.86. The molecule has 0 heterocycles. The Morgan fingerprint density at radius 2 is 2.14 bits per heavy atom. The Kier molecular flexibility index (Phi) is 2.20. The lowest BCUT2D eigenvalue weighted by molar-refractivity contribution is 1.29. The SMILES string of the molecule is C=C(N)C(C)=CC. The minimum absolute atomic E-state index is 0.655. The fourth-order valence-corrected chi connectivity index (χ4v) is 0.185. The number of hydrogen-bond acceptors (Lipinski definition) is 1. The molecule has 1 heteroatoms. The monoisotopic (exact) mass is 97.1 g/mol. The topological polar surface area (TPSA) is 26.0 Å². The van der Waals surface area contributed by atoms with Crippen LogP contribution in [0.2, 0.25) is 0 Å². The van der Waals surface area contributed by atoms with Crippen LogP contribution in [0.5, 0.6) is 0 Å². The molecule has 0 bridgehead atoms. The Labute approximate surface area is 44.5 Å². The number of rotatable bonds is 1. The molecule has 40 valence electrons. The predicted octanol–water partition coefficient (Wildman–Crippen LogP) is 1.43. The quantitative estimate of drug-likeness (QED) is 0.492. The van der Waals surface area contributed by atoms with Crippen molar-refractivity contribution in [1.82, 2.24) is 0 Å². The highest BCUT2D eigenvalue weighted by molar-refractivity contribution is 5.21. The van der Waals surface area contributed by atoms with Crippen LogP contribution in [-0.2, 0) is 0 Å². The van der Waals surface area contributed by atoms with Gasteiger partial charge in [0.2, 0.25) is 0 Å². The smallest absolute Gasteiger partial charge is 0.0267 e. The molecule has 0 amide bonds. The average molecular weight is 97.2 g/mol. The Morgan fingerprint density at radius 1 is 1.71 bits per heavy atom. The molecule has 0 fully saturated rings. The van der Waals surface area contributed by atoms with Gasteiger partial charge in [-0.05, 0) is 19.4 Å². The molecule has 7 heavy (non-hydrogen) atoms. The fourth-order valence-electron chi connectivity index (χ4n) is 0.185. The van der Waals surface area contributed by atoms with Crippen molar-refractivity contribution in [3.63, 3.8) is 0 Å². The summed E-state index contributed by atoms with van der Waals surface area (Å²) >= 11 is 0. The van der Waals surface area contributed by atoms with Gasteiger partial charge < -0.3 is 5.73 Å². The molecule has 0 aromatic rings. The van der Waals surface area contributed by atoms with Gasteiger partial charge in [-0.3, -0.25) is 0 Å². The summed E-state index contributed by atoms with van der Waals surface area (Å²) in [5.74, 6) is 0. The summed E-state index contributed by atoms with van der Waals surface area (Å²) in [5.41, 5.74) is 6.99. The van der Waals surface area contributed by atoms with Crippen LogP contribution in [0.1, 0.15) is 13.8 Å². The zero-order valence-corrected chi connectivity index (χ0v) is 4.86. The van der Waals surface area contributed by atoms with Gasteiger partial charge in [0.05, 0.1) is 0 Å². The highest BCUT2D eigenvalue weighted by atomic mass is 14.6. The van der Waals surface area contributed by atoms with Crippen LogP contribution in [0.3, 0.4) is 0 Å². The Balaban J connectivity index is 3.82. The molecular formula is C6H11N. The third-order valence-corrected chi connectivity index (χ3v) is 0.940.